The average molecular weight is 622 g/mol. The first kappa shape index (κ1) is 28.4. The van der Waals surface area contributed by atoms with Crippen LogP contribution in [0.2, 0.25) is 0 Å². The lowest BCUT2D eigenvalue weighted by atomic mass is 9.84. The van der Waals surface area contributed by atoms with Gasteiger partial charge in [-0.3, -0.25) is 19.6 Å². The highest BCUT2D eigenvalue weighted by atomic mass is 79.9. The van der Waals surface area contributed by atoms with Gasteiger partial charge in [-0.2, -0.15) is 5.10 Å². The van der Waals surface area contributed by atoms with Crippen LogP contribution in [-0.2, 0) is 16.6 Å². The SMILES string of the molecule is Cc1c(Br)cccc1OC1CCC(CCCN2CCC(c3ccc4c(C5CCC(=O)NC5=O)nn(C)c4c3)C2)CC1. The van der Waals surface area contributed by atoms with Crippen LogP contribution in [0.25, 0.3) is 10.9 Å². The summed E-state index contributed by atoms with van der Waals surface area (Å²) in [5.41, 5.74) is 4.40. The van der Waals surface area contributed by atoms with E-state index in [1.165, 1.54) is 49.8 Å². The second-order valence-electron chi connectivity index (χ2n) is 12.3. The predicted molar refractivity (Wildman–Crippen MR) is 164 cm³/mol. The summed E-state index contributed by atoms with van der Waals surface area (Å²) in [4.78, 5) is 26.7. The summed E-state index contributed by atoms with van der Waals surface area (Å²) in [7, 11) is 1.95. The van der Waals surface area contributed by atoms with Crippen LogP contribution < -0.4 is 10.1 Å². The summed E-state index contributed by atoms with van der Waals surface area (Å²) in [5, 5.41) is 8.21. The molecule has 7 nitrogen and oxygen atoms in total. The zero-order valence-electron chi connectivity index (χ0n) is 24.2. The van der Waals surface area contributed by atoms with E-state index in [-0.39, 0.29) is 17.7 Å². The van der Waals surface area contributed by atoms with E-state index in [4.69, 9.17) is 9.84 Å². The highest BCUT2D eigenvalue weighted by Crippen LogP contribution is 2.36. The third kappa shape index (κ3) is 6.24. The van der Waals surface area contributed by atoms with E-state index < -0.39 is 0 Å². The Morgan fingerprint density at radius 1 is 1.07 bits per heavy atom. The number of rotatable bonds is 8. The molecule has 2 unspecified atom stereocenters. The summed E-state index contributed by atoms with van der Waals surface area (Å²) >= 11 is 3.62. The number of halogens is 1. The van der Waals surface area contributed by atoms with Gasteiger partial charge in [0.2, 0.25) is 11.8 Å². The second kappa shape index (κ2) is 12.3. The molecule has 3 aromatic rings. The number of carbonyl (C=O) groups is 2. The van der Waals surface area contributed by atoms with Gasteiger partial charge in [0.05, 0.1) is 23.2 Å². The normalized spacial score (nSPS) is 25.5. The molecule has 8 heteroatoms. The van der Waals surface area contributed by atoms with E-state index >= 15 is 0 Å². The fourth-order valence-corrected chi connectivity index (χ4v) is 7.46. The molecule has 6 rings (SSSR count). The van der Waals surface area contributed by atoms with Gasteiger partial charge in [0.25, 0.3) is 0 Å². The number of likely N-dealkylation sites (tertiary alicyclic amines) is 1. The van der Waals surface area contributed by atoms with Crippen LogP contribution >= 0.6 is 15.9 Å². The maximum Gasteiger partial charge on any atom is 0.235 e. The van der Waals surface area contributed by atoms with Gasteiger partial charge >= 0.3 is 0 Å². The quantitative estimate of drug-likeness (QED) is 0.296. The number of aryl methyl sites for hydroxylation is 1. The van der Waals surface area contributed by atoms with Crippen LogP contribution in [-0.4, -0.2) is 52.2 Å². The third-order valence-electron chi connectivity index (χ3n) is 9.61. The van der Waals surface area contributed by atoms with Crippen molar-refractivity contribution >= 4 is 38.6 Å². The molecule has 2 atom stereocenters. The Morgan fingerprint density at radius 2 is 1.90 bits per heavy atom. The van der Waals surface area contributed by atoms with Crippen molar-refractivity contribution in [3.63, 3.8) is 0 Å². The Morgan fingerprint density at radius 3 is 2.71 bits per heavy atom. The van der Waals surface area contributed by atoms with Gasteiger partial charge in [-0.05, 0) is 107 Å². The number of benzene rings is 2. The van der Waals surface area contributed by atoms with Crippen LogP contribution in [0.1, 0.15) is 86.4 Å². The standard InChI is InChI=1S/C33H41BrN4O3/c1-21-28(34)6-3-7-30(21)41-25-11-8-22(9-12-25)5-4-17-38-18-16-24(20-38)23-10-13-26-29(19-23)37(2)36-32(26)27-14-15-31(39)35-33(27)40/h3,6-7,10,13,19,22,24-25,27H,4-5,8-9,11-12,14-18,20H2,1-2H3,(H,35,39,40). The predicted octanol–water partition coefficient (Wildman–Crippen LogP) is 6.37. The van der Waals surface area contributed by atoms with Gasteiger partial charge in [-0.1, -0.05) is 34.1 Å². The van der Waals surface area contributed by atoms with Gasteiger partial charge in [0.1, 0.15) is 5.75 Å². The minimum Gasteiger partial charge on any atom is -0.490 e. The van der Waals surface area contributed by atoms with Gasteiger partial charge < -0.3 is 9.64 Å². The number of piperidine rings is 1. The van der Waals surface area contributed by atoms with E-state index in [9.17, 15) is 9.59 Å². The molecule has 218 valence electrons. The summed E-state index contributed by atoms with van der Waals surface area (Å²) in [6, 6.07) is 12.8. The largest absolute Gasteiger partial charge is 0.490 e. The molecule has 3 aliphatic rings. The van der Waals surface area contributed by atoms with E-state index in [2.05, 4.69) is 69.5 Å². The number of carbonyl (C=O) groups excluding carboxylic acids is 2. The van der Waals surface area contributed by atoms with Crippen molar-refractivity contribution in [3.05, 3.63) is 57.7 Å². The number of aromatic nitrogens is 2. The zero-order valence-corrected chi connectivity index (χ0v) is 25.8. The highest BCUT2D eigenvalue weighted by molar-refractivity contribution is 9.10. The number of nitrogens with one attached hydrogen (secondary N) is 1. The summed E-state index contributed by atoms with van der Waals surface area (Å²) in [5.74, 6) is 1.59. The van der Waals surface area contributed by atoms with Crippen molar-refractivity contribution in [2.24, 2.45) is 13.0 Å². The summed E-state index contributed by atoms with van der Waals surface area (Å²) in [6.07, 6.45) is 9.85. The molecule has 3 heterocycles. The molecular weight excluding hydrogens is 580 g/mol. The lowest BCUT2D eigenvalue weighted by Gasteiger charge is -2.30. The zero-order chi connectivity index (χ0) is 28.5. The fourth-order valence-electron chi connectivity index (χ4n) is 7.11. The molecule has 2 amide bonds. The monoisotopic (exact) mass is 620 g/mol. The third-order valence-corrected chi connectivity index (χ3v) is 10.5. The molecule has 0 spiro atoms. The van der Waals surface area contributed by atoms with Gasteiger partial charge in [-0.15, -0.1) is 0 Å². The number of nitrogens with zero attached hydrogens (tertiary/aromatic N) is 3. The molecule has 0 bridgehead atoms. The first-order valence-electron chi connectivity index (χ1n) is 15.3. The molecule has 0 radical (unpaired) electrons. The molecule has 41 heavy (non-hydrogen) atoms. The van der Waals surface area contributed by atoms with Crippen LogP contribution in [0.4, 0.5) is 0 Å². The Hall–Kier alpha value is -2.71. The Balaban J connectivity index is 0.973. The van der Waals surface area contributed by atoms with Gasteiger partial charge in [-0.25, -0.2) is 0 Å². The maximum atomic E-state index is 12.5. The van der Waals surface area contributed by atoms with Crippen LogP contribution in [0.15, 0.2) is 40.9 Å². The molecular formula is C33H41BrN4O3. The van der Waals surface area contributed by atoms with Crippen LogP contribution in [0.5, 0.6) is 5.75 Å². The minimum atomic E-state index is -0.359. The van der Waals surface area contributed by atoms with Crippen molar-refractivity contribution in [1.29, 1.82) is 0 Å². The topological polar surface area (TPSA) is 76.5 Å². The summed E-state index contributed by atoms with van der Waals surface area (Å²) in [6.45, 7) is 5.56. The number of amides is 2. The first-order chi connectivity index (χ1) is 19.9. The molecule has 1 aliphatic carbocycles. The maximum absolute atomic E-state index is 12.5. The molecule has 2 aliphatic heterocycles. The van der Waals surface area contributed by atoms with Crippen molar-refractivity contribution in [2.75, 3.05) is 19.6 Å². The van der Waals surface area contributed by atoms with Crippen molar-refractivity contribution in [1.82, 2.24) is 20.0 Å². The lowest BCUT2D eigenvalue weighted by Crippen LogP contribution is -2.39. The number of fused-ring (bicyclic) bond motifs is 1. The Labute approximate surface area is 251 Å². The van der Waals surface area contributed by atoms with Crippen molar-refractivity contribution in [2.45, 2.75) is 82.7 Å². The van der Waals surface area contributed by atoms with Crippen LogP contribution in [0.3, 0.4) is 0 Å². The molecule has 3 fully saturated rings. The van der Waals surface area contributed by atoms with Crippen molar-refractivity contribution in [3.8, 4) is 5.75 Å². The number of ether oxygens (including phenoxy) is 1. The van der Waals surface area contributed by atoms with E-state index in [1.54, 1.807) is 0 Å². The second-order valence-corrected chi connectivity index (χ2v) is 13.2. The van der Waals surface area contributed by atoms with Gasteiger partial charge in [0, 0.05) is 35.4 Å². The van der Waals surface area contributed by atoms with Crippen molar-refractivity contribution < 1.29 is 14.3 Å². The molecule has 2 saturated heterocycles. The lowest BCUT2D eigenvalue weighted by molar-refractivity contribution is -0.134. The minimum absolute atomic E-state index is 0.191. The number of imide groups is 1. The number of hydrogen-bond acceptors (Lipinski definition) is 5. The fraction of sp³-hybridized carbons (Fsp3) is 0.545. The van der Waals surface area contributed by atoms with E-state index in [0.717, 1.165) is 58.7 Å². The molecule has 1 aromatic heterocycles. The Kier molecular flexibility index (Phi) is 8.50. The van der Waals surface area contributed by atoms with Crippen LogP contribution in [0, 0.1) is 12.8 Å². The number of hydrogen-bond donors (Lipinski definition) is 1. The van der Waals surface area contributed by atoms with E-state index in [0.29, 0.717) is 24.9 Å². The highest BCUT2D eigenvalue weighted by Gasteiger charge is 2.32. The van der Waals surface area contributed by atoms with E-state index in [1.807, 2.05) is 11.7 Å². The summed E-state index contributed by atoms with van der Waals surface area (Å²) < 4.78 is 9.36. The average Bonchev–Trinajstić information content (AvgIpc) is 3.56. The first-order valence-corrected chi connectivity index (χ1v) is 16.1. The molecule has 1 N–H and O–H groups in total. The molecule has 1 saturated carbocycles. The molecule has 2 aromatic carbocycles. The smallest absolute Gasteiger partial charge is 0.235 e. The Bertz CT molecular complexity index is 1430. The van der Waals surface area contributed by atoms with Gasteiger partial charge in [0.15, 0.2) is 0 Å².